The number of ether oxygens (including phenoxy) is 2. The first-order valence-corrected chi connectivity index (χ1v) is 9.83. The van der Waals surface area contributed by atoms with Crippen LogP contribution in [0, 0.1) is 6.92 Å². The van der Waals surface area contributed by atoms with Crippen LogP contribution in [0.5, 0.6) is 11.5 Å². The number of rotatable bonds is 5. The number of aromatic nitrogens is 1. The molecule has 1 aliphatic rings. The van der Waals surface area contributed by atoms with Gasteiger partial charge in [-0.1, -0.05) is 36.4 Å². The zero-order valence-electron chi connectivity index (χ0n) is 15.2. The first kappa shape index (κ1) is 17.7. The molecule has 1 aliphatic heterocycles. The molecule has 2 aromatic carbocycles. The molecule has 0 spiro atoms. The number of nitrogens with zero attached hydrogens (tertiary/aromatic N) is 1. The number of carbonyl (C=O) groups excluding carboxylic acids is 1. The fourth-order valence-corrected chi connectivity index (χ4v) is 3.83. The van der Waals surface area contributed by atoms with E-state index in [1.165, 1.54) is 11.8 Å². The summed E-state index contributed by atoms with van der Waals surface area (Å²) in [4.78, 5) is 17.1. The summed E-state index contributed by atoms with van der Waals surface area (Å²) in [6.07, 6.45) is 0.847. The van der Waals surface area contributed by atoms with E-state index < -0.39 is 0 Å². The molecule has 0 atom stereocenters. The van der Waals surface area contributed by atoms with Crippen LogP contribution in [-0.4, -0.2) is 23.4 Å². The molecule has 27 heavy (non-hydrogen) atoms. The maximum absolute atomic E-state index is 12.3. The van der Waals surface area contributed by atoms with Gasteiger partial charge in [-0.25, -0.2) is 4.98 Å². The molecule has 3 aromatic rings. The number of thioether (sulfide) groups is 1. The van der Waals surface area contributed by atoms with Crippen molar-refractivity contribution in [2.75, 3.05) is 17.9 Å². The lowest BCUT2D eigenvalue weighted by Crippen LogP contribution is -2.14. The first-order valence-electron chi connectivity index (χ1n) is 8.85. The number of amides is 1. The van der Waals surface area contributed by atoms with E-state index in [1.54, 1.807) is 0 Å². The minimum absolute atomic E-state index is 0.0431. The summed E-state index contributed by atoms with van der Waals surface area (Å²) in [5, 5.41) is 4.82. The van der Waals surface area contributed by atoms with Gasteiger partial charge >= 0.3 is 0 Å². The van der Waals surface area contributed by atoms with Crippen molar-refractivity contribution >= 4 is 34.3 Å². The minimum Gasteiger partial charge on any atom is -0.454 e. The van der Waals surface area contributed by atoms with Gasteiger partial charge in [0, 0.05) is 17.1 Å². The lowest BCUT2D eigenvalue weighted by Gasteiger charge is -2.10. The largest absolute Gasteiger partial charge is 0.454 e. The van der Waals surface area contributed by atoms with Gasteiger partial charge in [0.2, 0.25) is 12.7 Å². The summed E-state index contributed by atoms with van der Waals surface area (Å²) in [7, 11) is 0. The molecule has 1 amide bonds. The quantitative estimate of drug-likeness (QED) is 0.657. The molecule has 1 N–H and O–H groups in total. The number of carbonyl (C=O) groups is 1. The van der Waals surface area contributed by atoms with Crippen molar-refractivity contribution in [3.05, 3.63) is 53.6 Å². The predicted molar refractivity (Wildman–Crippen MR) is 108 cm³/mol. The second-order valence-electron chi connectivity index (χ2n) is 6.41. The van der Waals surface area contributed by atoms with Crippen LogP contribution in [0.25, 0.3) is 10.9 Å². The van der Waals surface area contributed by atoms with Gasteiger partial charge in [-0.3, -0.25) is 4.79 Å². The third-order valence-corrected chi connectivity index (χ3v) is 5.44. The maximum Gasteiger partial charge on any atom is 0.234 e. The number of anilines is 1. The molecule has 0 radical (unpaired) electrons. The summed E-state index contributed by atoms with van der Waals surface area (Å²) < 4.78 is 10.9. The highest BCUT2D eigenvalue weighted by Crippen LogP contribution is 2.37. The Bertz CT molecular complexity index is 1000. The fourth-order valence-electron chi connectivity index (χ4n) is 2.94. The topological polar surface area (TPSA) is 60.5 Å². The van der Waals surface area contributed by atoms with Crippen LogP contribution < -0.4 is 14.8 Å². The smallest absolute Gasteiger partial charge is 0.234 e. The molecule has 1 aromatic heterocycles. The van der Waals surface area contributed by atoms with Crippen molar-refractivity contribution in [2.24, 2.45) is 0 Å². The van der Waals surface area contributed by atoms with Crippen LogP contribution in [0.15, 0.2) is 47.5 Å². The summed E-state index contributed by atoms with van der Waals surface area (Å²) in [5.74, 6) is 1.74. The van der Waals surface area contributed by atoms with Crippen LogP contribution in [0.1, 0.15) is 18.1 Å². The molecule has 0 bridgehead atoms. The molecule has 0 saturated carbocycles. The average molecular weight is 380 g/mol. The molecule has 0 unspecified atom stereocenters. The zero-order valence-corrected chi connectivity index (χ0v) is 16.1. The van der Waals surface area contributed by atoms with Gasteiger partial charge in [0.1, 0.15) is 5.03 Å². The van der Waals surface area contributed by atoms with E-state index in [9.17, 15) is 4.79 Å². The molecule has 5 nitrogen and oxygen atoms in total. The lowest BCUT2D eigenvalue weighted by atomic mass is 10.1. The zero-order chi connectivity index (χ0) is 18.8. The SMILES string of the molecule is CCc1cc2cc3c(cc2nc1SCC(=O)Nc1ccc(C)cc1)OCO3. The third kappa shape index (κ3) is 3.85. The minimum atomic E-state index is -0.0431. The van der Waals surface area contributed by atoms with Crippen LogP contribution >= 0.6 is 11.8 Å². The van der Waals surface area contributed by atoms with Gasteiger partial charge in [0.25, 0.3) is 0 Å². The van der Waals surface area contributed by atoms with Crippen molar-refractivity contribution < 1.29 is 14.3 Å². The summed E-state index contributed by atoms with van der Waals surface area (Å²) in [6.45, 7) is 4.35. The van der Waals surface area contributed by atoms with Crippen LogP contribution in [0.4, 0.5) is 5.69 Å². The second kappa shape index (κ2) is 7.48. The molecular formula is C21H20N2O3S. The second-order valence-corrected chi connectivity index (χ2v) is 7.37. The molecule has 138 valence electrons. The molecule has 0 fully saturated rings. The molecule has 4 rings (SSSR count). The van der Waals surface area contributed by atoms with Crippen molar-refractivity contribution in [3.8, 4) is 11.5 Å². The number of fused-ring (bicyclic) bond motifs is 2. The Morgan fingerprint density at radius 2 is 1.89 bits per heavy atom. The maximum atomic E-state index is 12.3. The number of benzene rings is 2. The number of aryl methyl sites for hydroxylation is 2. The number of hydrogen-bond donors (Lipinski definition) is 1. The standard InChI is InChI=1S/C21H20N2O3S/c1-3-14-8-15-9-18-19(26-12-25-18)10-17(15)23-21(14)27-11-20(24)22-16-6-4-13(2)5-7-16/h4-10H,3,11-12H2,1-2H3,(H,22,24). The Kier molecular flexibility index (Phi) is 4.90. The van der Waals surface area contributed by atoms with E-state index in [4.69, 9.17) is 14.5 Å². The predicted octanol–water partition coefficient (Wildman–Crippen LogP) is 4.57. The van der Waals surface area contributed by atoms with E-state index in [2.05, 4.69) is 18.3 Å². The normalized spacial score (nSPS) is 12.4. The van der Waals surface area contributed by atoms with Crippen molar-refractivity contribution in [1.82, 2.24) is 4.98 Å². The van der Waals surface area contributed by atoms with Gasteiger partial charge in [-0.15, -0.1) is 0 Å². The fraction of sp³-hybridized carbons (Fsp3) is 0.238. The molecular weight excluding hydrogens is 360 g/mol. The van der Waals surface area contributed by atoms with Crippen molar-refractivity contribution in [2.45, 2.75) is 25.3 Å². The average Bonchev–Trinajstić information content (AvgIpc) is 3.12. The molecule has 2 heterocycles. The highest BCUT2D eigenvalue weighted by atomic mass is 32.2. The Morgan fingerprint density at radius 3 is 2.63 bits per heavy atom. The highest BCUT2D eigenvalue weighted by Gasteiger charge is 2.16. The third-order valence-electron chi connectivity index (χ3n) is 4.40. The van der Waals surface area contributed by atoms with Crippen LogP contribution in [0.3, 0.4) is 0 Å². The summed E-state index contributed by atoms with van der Waals surface area (Å²) in [6, 6.07) is 13.7. The van der Waals surface area contributed by atoms with E-state index in [1.807, 2.05) is 43.3 Å². The van der Waals surface area contributed by atoms with Gasteiger partial charge in [-0.2, -0.15) is 0 Å². The van der Waals surface area contributed by atoms with Gasteiger partial charge in [0.05, 0.1) is 11.3 Å². The highest BCUT2D eigenvalue weighted by molar-refractivity contribution is 8.00. The molecule has 0 saturated heterocycles. The number of hydrogen-bond acceptors (Lipinski definition) is 5. The number of pyridine rings is 1. The number of nitrogens with one attached hydrogen (secondary N) is 1. The van der Waals surface area contributed by atoms with E-state index in [0.29, 0.717) is 11.5 Å². The molecule has 0 aliphatic carbocycles. The van der Waals surface area contributed by atoms with E-state index >= 15 is 0 Å². The van der Waals surface area contributed by atoms with Gasteiger partial charge in [0.15, 0.2) is 11.5 Å². The van der Waals surface area contributed by atoms with Crippen molar-refractivity contribution in [1.29, 1.82) is 0 Å². The summed E-state index contributed by atoms with van der Waals surface area (Å²) in [5.41, 5.74) is 3.93. The Morgan fingerprint density at radius 1 is 1.15 bits per heavy atom. The van der Waals surface area contributed by atoms with E-state index in [0.717, 1.165) is 44.9 Å². The van der Waals surface area contributed by atoms with Crippen LogP contribution in [-0.2, 0) is 11.2 Å². The first-order chi connectivity index (χ1) is 13.1. The molecule has 6 heteroatoms. The monoisotopic (exact) mass is 380 g/mol. The van der Waals surface area contributed by atoms with Gasteiger partial charge in [-0.05, 0) is 43.2 Å². The lowest BCUT2D eigenvalue weighted by molar-refractivity contribution is -0.113. The Balaban J connectivity index is 1.51. The summed E-state index contributed by atoms with van der Waals surface area (Å²) >= 11 is 1.46. The Hall–Kier alpha value is -2.73. The van der Waals surface area contributed by atoms with E-state index in [-0.39, 0.29) is 12.7 Å². The Labute approximate surface area is 162 Å². The van der Waals surface area contributed by atoms with Crippen LogP contribution in [0.2, 0.25) is 0 Å². The van der Waals surface area contributed by atoms with Crippen molar-refractivity contribution in [3.63, 3.8) is 0 Å². The van der Waals surface area contributed by atoms with Gasteiger partial charge < -0.3 is 14.8 Å².